The van der Waals surface area contributed by atoms with Crippen molar-refractivity contribution in [3.63, 3.8) is 0 Å². The predicted molar refractivity (Wildman–Crippen MR) is 91.7 cm³/mol. The summed E-state index contributed by atoms with van der Waals surface area (Å²) in [5.74, 6) is -0.430. The Morgan fingerprint density at radius 1 is 1.30 bits per heavy atom. The monoisotopic (exact) mass is 353 g/mol. The third-order valence-corrected chi connectivity index (χ3v) is 6.06. The number of amides is 1. The molecule has 0 spiro atoms. The number of carbonyl (C=O) groups is 1. The molecule has 1 heterocycles. The van der Waals surface area contributed by atoms with E-state index >= 15 is 0 Å². The first kappa shape index (κ1) is 17.5. The lowest BCUT2D eigenvalue weighted by Gasteiger charge is -2.09. The highest BCUT2D eigenvalue weighted by Gasteiger charge is 2.15. The maximum atomic E-state index is 12.0. The Balaban J connectivity index is 1.98. The zero-order valence-corrected chi connectivity index (χ0v) is 14.4. The average molecular weight is 353 g/mol. The minimum atomic E-state index is -3.38. The van der Waals surface area contributed by atoms with Crippen LogP contribution in [0.15, 0.2) is 40.6 Å². The molecular formula is C16H19NO4S2. The van der Waals surface area contributed by atoms with Gasteiger partial charge in [-0.2, -0.15) is 0 Å². The van der Waals surface area contributed by atoms with E-state index in [0.29, 0.717) is 12.8 Å². The molecule has 0 unspecified atom stereocenters. The van der Waals surface area contributed by atoms with E-state index in [1.54, 1.807) is 18.3 Å². The summed E-state index contributed by atoms with van der Waals surface area (Å²) in [5, 5.41) is 14.4. The van der Waals surface area contributed by atoms with E-state index in [9.17, 15) is 18.3 Å². The molecule has 0 aliphatic carbocycles. The van der Waals surface area contributed by atoms with Crippen LogP contribution < -0.4 is 5.32 Å². The zero-order valence-electron chi connectivity index (χ0n) is 12.8. The summed E-state index contributed by atoms with van der Waals surface area (Å²) in [7, 11) is -3.38. The Kier molecular flexibility index (Phi) is 5.79. The maximum Gasteiger partial charge on any atom is 0.224 e. The maximum absolute atomic E-state index is 12.0. The van der Waals surface area contributed by atoms with Gasteiger partial charge in [0.25, 0.3) is 0 Å². The zero-order chi connectivity index (χ0) is 16.9. The fourth-order valence-electron chi connectivity index (χ4n) is 2.07. The molecular weight excluding hydrogens is 334 g/mol. The first-order valence-corrected chi connectivity index (χ1v) is 9.83. The lowest BCUT2D eigenvalue weighted by molar-refractivity contribution is -0.116. The fourth-order valence-corrected chi connectivity index (χ4v) is 3.72. The highest BCUT2D eigenvalue weighted by atomic mass is 32.2. The number of hydrogen-bond acceptors (Lipinski definition) is 5. The Labute approximate surface area is 139 Å². The highest BCUT2D eigenvalue weighted by Crippen LogP contribution is 2.27. The molecule has 1 aromatic heterocycles. The van der Waals surface area contributed by atoms with Crippen molar-refractivity contribution in [3.8, 4) is 5.75 Å². The molecule has 124 valence electrons. The van der Waals surface area contributed by atoms with E-state index in [2.05, 4.69) is 5.32 Å². The van der Waals surface area contributed by atoms with Gasteiger partial charge in [-0.1, -0.05) is 13.0 Å². The van der Waals surface area contributed by atoms with E-state index in [-0.39, 0.29) is 28.0 Å². The van der Waals surface area contributed by atoms with Gasteiger partial charge in [0, 0.05) is 11.3 Å². The second-order valence-corrected chi connectivity index (χ2v) is 8.37. The van der Waals surface area contributed by atoms with Crippen LogP contribution in [-0.4, -0.2) is 25.2 Å². The molecule has 0 aliphatic rings. The van der Waals surface area contributed by atoms with Crippen LogP contribution in [0.4, 0.5) is 5.69 Å². The molecule has 0 saturated heterocycles. The number of anilines is 1. The molecule has 0 saturated carbocycles. The number of nitrogens with one attached hydrogen (secondary N) is 1. The van der Waals surface area contributed by atoms with Crippen molar-refractivity contribution in [3.05, 3.63) is 40.6 Å². The summed E-state index contributed by atoms with van der Waals surface area (Å²) in [4.78, 5) is 13.3. The number of carbonyl (C=O) groups excluding carboxylic acids is 1. The number of phenolic OH excluding ortho intramolecular Hbond substituents is 1. The number of thiophene rings is 1. The molecule has 0 aliphatic heterocycles. The minimum absolute atomic E-state index is 0.0357. The molecule has 0 atom stereocenters. The van der Waals surface area contributed by atoms with E-state index in [4.69, 9.17) is 0 Å². The van der Waals surface area contributed by atoms with Crippen molar-refractivity contribution in [2.24, 2.45) is 0 Å². The number of phenols is 1. The number of hydrogen-bond donors (Lipinski definition) is 2. The van der Waals surface area contributed by atoms with Gasteiger partial charge in [0.2, 0.25) is 5.91 Å². The van der Waals surface area contributed by atoms with Crippen LogP contribution in [0.3, 0.4) is 0 Å². The van der Waals surface area contributed by atoms with E-state index in [1.165, 1.54) is 23.1 Å². The SMILES string of the molecule is CCS(=O)(=O)c1ccc(O)c(NC(=O)CCCc2cccs2)c1. The van der Waals surface area contributed by atoms with Gasteiger partial charge in [0.05, 0.1) is 16.3 Å². The number of benzene rings is 1. The Bertz CT molecular complexity index is 767. The molecule has 7 heteroatoms. The largest absolute Gasteiger partial charge is 0.506 e. The second kappa shape index (κ2) is 7.61. The van der Waals surface area contributed by atoms with E-state index in [0.717, 1.165) is 6.42 Å². The Morgan fingerprint density at radius 3 is 2.74 bits per heavy atom. The van der Waals surface area contributed by atoms with Crippen molar-refractivity contribution in [1.29, 1.82) is 0 Å². The van der Waals surface area contributed by atoms with Gasteiger partial charge in [-0.15, -0.1) is 11.3 Å². The van der Waals surface area contributed by atoms with Gasteiger partial charge in [-0.05, 0) is 42.5 Å². The summed E-state index contributed by atoms with van der Waals surface area (Å²) in [6, 6.07) is 7.90. The molecule has 1 aromatic carbocycles. The summed E-state index contributed by atoms with van der Waals surface area (Å²) < 4.78 is 23.7. The molecule has 2 aromatic rings. The topological polar surface area (TPSA) is 83.5 Å². The molecule has 2 rings (SSSR count). The standard InChI is InChI=1S/C16H19NO4S2/c1-2-23(20,21)13-8-9-15(18)14(11-13)17-16(19)7-3-5-12-6-4-10-22-12/h4,6,8-11,18H,2-3,5,7H2,1H3,(H,17,19). The summed E-state index contributed by atoms with van der Waals surface area (Å²) in [6.07, 6.45) is 1.82. The minimum Gasteiger partial charge on any atom is -0.506 e. The molecule has 0 radical (unpaired) electrons. The van der Waals surface area contributed by atoms with Crippen LogP contribution in [0.5, 0.6) is 5.75 Å². The van der Waals surface area contributed by atoms with Crippen LogP contribution >= 0.6 is 11.3 Å². The third-order valence-electron chi connectivity index (χ3n) is 3.39. The lowest BCUT2D eigenvalue weighted by Crippen LogP contribution is -2.12. The van der Waals surface area contributed by atoms with Gasteiger partial charge in [0.15, 0.2) is 9.84 Å². The van der Waals surface area contributed by atoms with Crippen LogP contribution in [0.1, 0.15) is 24.6 Å². The predicted octanol–water partition coefficient (Wildman–Crippen LogP) is 3.21. The highest BCUT2D eigenvalue weighted by molar-refractivity contribution is 7.91. The van der Waals surface area contributed by atoms with Crippen molar-refractivity contribution in [2.45, 2.75) is 31.1 Å². The smallest absolute Gasteiger partial charge is 0.224 e. The van der Waals surface area contributed by atoms with Gasteiger partial charge >= 0.3 is 0 Å². The van der Waals surface area contributed by atoms with Gasteiger partial charge < -0.3 is 10.4 Å². The van der Waals surface area contributed by atoms with Gasteiger partial charge in [-0.3, -0.25) is 4.79 Å². The molecule has 0 bridgehead atoms. The molecule has 1 amide bonds. The summed E-state index contributed by atoms with van der Waals surface area (Å²) in [5.41, 5.74) is 0.126. The normalized spacial score (nSPS) is 11.3. The molecule has 5 nitrogen and oxygen atoms in total. The second-order valence-electron chi connectivity index (χ2n) is 5.06. The third kappa shape index (κ3) is 4.80. The van der Waals surface area contributed by atoms with E-state index in [1.807, 2.05) is 17.5 Å². The van der Waals surface area contributed by atoms with Crippen LogP contribution in [0.25, 0.3) is 0 Å². The fraction of sp³-hybridized carbons (Fsp3) is 0.312. The Morgan fingerprint density at radius 2 is 2.09 bits per heavy atom. The quantitative estimate of drug-likeness (QED) is 0.749. The van der Waals surface area contributed by atoms with Crippen LogP contribution in [0.2, 0.25) is 0 Å². The van der Waals surface area contributed by atoms with Crippen LogP contribution in [-0.2, 0) is 21.1 Å². The number of aromatic hydroxyl groups is 1. The van der Waals surface area contributed by atoms with Gasteiger partial charge in [-0.25, -0.2) is 8.42 Å². The molecule has 23 heavy (non-hydrogen) atoms. The number of sulfone groups is 1. The van der Waals surface area contributed by atoms with E-state index < -0.39 is 9.84 Å². The first-order valence-electron chi connectivity index (χ1n) is 7.30. The molecule has 0 fully saturated rings. The lowest BCUT2D eigenvalue weighted by atomic mass is 10.2. The van der Waals surface area contributed by atoms with Gasteiger partial charge in [0.1, 0.15) is 5.75 Å². The number of rotatable bonds is 7. The van der Waals surface area contributed by atoms with Crippen molar-refractivity contribution in [2.75, 3.05) is 11.1 Å². The summed E-state index contributed by atoms with van der Waals surface area (Å²) in [6.45, 7) is 1.55. The number of aryl methyl sites for hydroxylation is 1. The van der Waals surface area contributed by atoms with Crippen molar-refractivity contribution < 1.29 is 18.3 Å². The van der Waals surface area contributed by atoms with Crippen LogP contribution in [0, 0.1) is 0 Å². The first-order chi connectivity index (χ1) is 10.9. The van der Waals surface area contributed by atoms with Crippen molar-refractivity contribution >= 4 is 32.8 Å². The van der Waals surface area contributed by atoms with Crippen molar-refractivity contribution in [1.82, 2.24) is 0 Å². The molecule has 2 N–H and O–H groups in total. The summed E-state index contributed by atoms with van der Waals surface area (Å²) >= 11 is 1.65. The average Bonchev–Trinajstić information content (AvgIpc) is 3.02. The Hall–Kier alpha value is -1.86.